The molecule has 11 heteroatoms. The fraction of sp³-hybridized carbons (Fsp3) is 0.0435. The molecule has 0 spiro atoms. The number of imide groups is 1. The third-order valence-corrected chi connectivity index (χ3v) is 6.64. The minimum Gasteiger partial charge on any atom is -0.478 e. The van der Waals surface area contributed by atoms with Gasteiger partial charge in [0.1, 0.15) is 18.1 Å². The van der Waals surface area contributed by atoms with Crippen LogP contribution in [0.1, 0.15) is 16.1 Å². The first kappa shape index (κ1) is 24.0. The molecule has 0 saturated carbocycles. The summed E-state index contributed by atoms with van der Waals surface area (Å²) in [6.45, 7) is -0.417. The molecule has 0 aliphatic carbocycles. The zero-order valence-corrected chi connectivity index (χ0v) is 20.8. The Balaban J connectivity index is 1.47. The van der Waals surface area contributed by atoms with Crippen molar-refractivity contribution in [3.63, 3.8) is 0 Å². The number of carbonyl (C=O) groups is 4. The largest absolute Gasteiger partial charge is 0.478 e. The Kier molecular flexibility index (Phi) is 7.10. The summed E-state index contributed by atoms with van der Waals surface area (Å²) in [5.74, 6) is -1.62. The zero-order valence-electron chi connectivity index (χ0n) is 17.1. The van der Waals surface area contributed by atoms with Crippen LogP contribution >= 0.6 is 46.0 Å². The Morgan fingerprint density at radius 1 is 1.12 bits per heavy atom. The molecule has 172 valence electrons. The molecule has 2 aromatic carbocycles. The van der Waals surface area contributed by atoms with E-state index in [1.54, 1.807) is 30.3 Å². The lowest BCUT2D eigenvalue weighted by Crippen LogP contribution is -2.36. The van der Waals surface area contributed by atoms with Crippen molar-refractivity contribution in [1.29, 1.82) is 0 Å². The second kappa shape index (κ2) is 10.0. The molecule has 34 heavy (non-hydrogen) atoms. The van der Waals surface area contributed by atoms with Gasteiger partial charge in [-0.1, -0.05) is 11.6 Å². The number of carbonyl (C=O) groups excluding carboxylic acids is 3. The van der Waals surface area contributed by atoms with E-state index in [1.165, 1.54) is 18.2 Å². The highest BCUT2D eigenvalue weighted by molar-refractivity contribution is 14.1. The first-order valence-corrected chi connectivity index (χ1v) is 11.9. The van der Waals surface area contributed by atoms with Crippen LogP contribution in [0.15, 0.2) is 63.9 Å². The molecule has 4 rings (SSSR count). The summed E-state index contributed by atoms with van der Waals surface area (Å²) in [7, 11) is 0. The molecule has 2 N–H and O–H groups in total. The smallest absolute Gasteiger partial charge is 0.337 e. The summed E-state index contributed by atoms with van der Waals surface area (Å²) in [4.78, 5) is 49.6. The number of halogens is 2. The molecular weight excluding hydrogens is 595 g/mol. The third kappa shape index (κ3) is 5.34. The number of benzene rings is 2. The maximum absolute atomic E-state index is 12.7. The van der Waals surface area contributed by atoms with E-state index in [9.17, 15) is 24.3 Å². The molecule has 0 bridgehead atoms. The average molecular weight is 609 g/mol. The van der Waals surface area contributed by atoms with Crippen LogP contribution in [0.2, 0.25) is 5.02 Å². The molecule has 1 fully saturated rings. The average Bonchev–Trinajstić information content (AvgIpc) is 3.36. The van der Waals surface area contributed by atoms with Gasteiger partial charge in [0.15, 0.2) is 0 Å². The Hall–Kier alpha value is -3.09. The van der Waals surface area contributed by atoms with Gasteiger partial charge in [0, 0.05) is 20.9 Å². The number of carboxylic acid groups (broad SMARTS) is 1. The Bertz CT molecular complexity index is 1350. The number of nitrogens with one attached hydrogen (secondary N) is 1. The summed E-state index contributed by atoms with van der Waals surface area (Å²) in [5.41, 5.74) is 0.980. The van der Waals surface area contributed by atoms with Gasteiger partial charge in [0.25, 0.3) is 11.1 Å². The highest BCUT2D eigenvalue weighted by Crippen LogP contribution is 2.34. The van der Waals surface area contributed by atoms with Crippen LogP contribution in [-0.2, 0) is 9.59 Å². The summed E-state index contributed by atoms with van der Waals surface area (Å²) in [6.07, 6.45) is 1.40. The standard InChI is InChI=1S/C23H14ClIN2O6S/c24-17-7-1-12(9-16(17)22(30)31)18-8-6-15(33-18)10-19-21(29)27(23(32)34-19)11-20(28)26-14-4-2-13(25)3-5-14/h1-10H,11H2,(H,26,28)(H,30,31)/b19-10+. The first-order chi connectivity index (χ1) is 16.2. The maximum atomic E-state index is 12.7. The van der Waals surface area contributed by atoms with Gasteiger partial charge in [-0.05, 0) is 89.0 Å². The monoisotopic (exact) mass is 608 g/mol. The van der Waals surface area contributed by atoms with E-state index in [2.05, 4.69) is 27.9 Å². The number of anilines is 1. The van der Waals surface area contributed by atoms with Crippen molar-refractivity contribution >= 4 is 80.7 Å². The lowest BCUT2D eigenvalue weighted by Gasteiger charge is -2.12. The van der Waals surface area contributed by atoms with Gasteiger partial charge >= 0.3 is 5.97 Å². The molecule has 1 saturated heterocycles. The molecular formula is C23H14ClIN2O6S. The second-order valence-corrected chi connectivity index (χ2v) is 9.67. The van der Waals surface area contributed by atoms with E-state index in [1.807, 2.05) is 12.1 Å². The van der Waals surface area contributed by atoms with Gasteiger partial charge in [-0.25, -0.2) is 4.79 Å². The number of furan rings is 1. The Morgan fingerprint density at radius 3 is 2.56 bits per heavy atom. The van der Waals surface area contributed by atoms with Gasteiger partial charge in [-0.15, -0.1) is 0 Å². The molecule has 3 aromatic rings. The SMILES string of the molecule is O=C(CN1C(=O)S/C(=C/c2ccc(-c3ccc(Cl)c(C(=O)O)c3)o2)C1=O)Nc1ccc(I)cc1. The number of hydrogen-bond acceptors (Lipinski definition) is 6. The fourth-order valence-electron chi connectivity index (χ4n) is 3.07. The maximum Gasteiger partial charge on any atom is 0.337 e. The van der Waals surface area contributed by atoms with Gasteiger partial charge in [0.2, 0.25) is 5.91 Å². The van der Waals surface area contributed by atoms with Crippen LogP contribution in [0.5, 0.6) is 0 Å². The fourth-order valence-corrected chi connectivity index (χ4v) is 4.45. The van der Waals surface area contributed by atoms with Crippen LogP contribution in [0, 0.1) is 3.57 Å². The Labute approximate surface area is 216 Å². The van der Waals surface area contributed by atoms with E-state index in [-0.39, 0.29) is 21.3 Å². The van der Waals surface area contributed by atoms with Crippen molar-refractivity contribution in [1.82, 2.24) is 4.90 Å². The predicted octanol–water partition coefficient (Wildman–Crippen LogP) is 5.58. The number of aromatic carboxylic acids is 1. The normalized spacial score (nSPS) is 14.6. The molecule has 0 unspecified atom stereocenters. The molecule has 1 aliphatic heterocycles. The molecule has 0 atom stereocenters. The van der Waals surface area contributed by atoms with Crippen molar-refractivity contribution < 1.29 is 28.7 Å². The van der Waals surface area contributed by atoms with Gasteiger partial charge in [-0.3, -0.25) is 19.3 Å². The van der Waals surface area contributed by atoms with Gasteiger partial charge in [-0.2, -0.15) is 0 Å². The van der Waals surface area contributed by atoms with Crippen LogP contribution in [0.4, 0.5) is 10.5 Å². The molecule has 1 aliphatic rings. The Morgan fingerprint density at radius 2 is 1.85 bits per heavy atom. The van der Waals surface area contributed by atoms with E-state index in [0.29, 0.717) is 28.8 Å². The summed E-state index contributed by atoms with van der Waals surface area (Å²) >= 11 is 8.75. The quantitative estimate of drug-likeness (QED) is 0.277. The zero-order chi connectivity index (χ0) is 24.4. The van der Waals surface area contributed by atoms with Crippen LogP contribution in [0.3, 0.4) is 0 Å². The van der Waals surface area contributed by atoms with E-state index < -0.39 is 29.6 Å². The summed E-state index contributed by atoms with van der Waals surface area (Å²) in [6, 6.07) is 14.7. The van der Waals surface area contributed by atoms with Crippen molar-refractivity contribution in [2.45, 2.75) is 0 Å². The van der Waals surface area contributed by atoms with Crippen LogP contribution in [0.25, 0.3) is 17.4 Å². The number of nitrogens with zero attached hydrogens (tertiary/aromatic N) is 1. The first-order valence-electron chi connectivity index (χ1n) is 9.65. The molecule has 0 radical (unpaired) electrons. The highest BCUT2D eigenvalue weighted by atomic mass is 127. The lowest BCUT2D eigenvalue weighted by atomic mass is 10.1. The number of rotatable bonds is 6. The van der Waals surface area contributed by atoms with Crippen molar-refractivity contribution in [2.75, 3.05) is 11.9 Å². The van der Waals surface area contributed by atoms with Crippen LogP contribution in [-0.4, -0.2) is 39.6 Å². The number of amides is 3. The molecule has 1 aromatic heterocycles. The van der Waals surface area contributed by atoms with Crippen LogP contribution < -0.4 is 5.32 Å². The van der Waals surface area contributed by atoms with Crippen molar-refractivity contribution in [3.05, 3.63) is 79.4 Å². The summed E-state index contributed by atoms with van der Waals surface area (Å²) in [5, 5.41) is 11.4. The van der Waals surface area contributed by atoms with Gasteiger partial charge in [0.05, 0.1) is 15.5 Å². The lowest BCUT2D eigenvalue weighted by molar-refractivity contribution is -0.127. The molecule has 2 heterocycles. The van der Waals surface area contributed by atoms with E-state index >= 15 is 0 Å². The minimum atomic E-state index is -1.17. The predicted molar refractivity (Wildman–Crippen MR) is 137 cm³/mol. The highest BCUT2D eigenvalue weighted by Gasteiger charge is 2.36. The number of thioether (sulfide) groups is 1. The third-order valence-electron chi connectivity index (χ3n) is 4.68. The topological polar surface area (TPSA) is 117 Å². The number of carboxylic acids is 1. The summed E-state index contributed by atoms with van der Waals surface area (Å²) < 4.78 is 6.71. The van der Waals surface area contributed by atoms with E-state index in [4.69, 9.17) is 16.0 Å². The molecule has 8 nitrogen and oxygen atoms in total. The van der Waals surface area contributed by atoms with Gasteiger partial charge < -0.3 is 14.8 Å². The van der Waals surface area contributed by atoms with Crippen molar-refractivity contribution in [3.8, 4) is 11.3 Å². The second-order valence-electron chi connectivity index (χ2n) is 7.02. The minimum absolute atomic E-state index is 0.0678. The molecule has 3 amide bonds. The van der Waals surface area contributed by atoms with E-state index in [0.717, 1.165) is 8.47 Å². The number of hydrogen-bond donors (Lipinski definition) is 2. The van der Waals surface area contributed by atoms with Crippen molar-refractivity contribution in [2.24, 2.45) is 0 Å².